The van der Waals surface area contributed by atoms with E-state index in [0.29, 0.717) is 28.7 Å². The number of thiophene rings is 1. The van der Waals surface area contributed by atoms with Crippen LogP contribution in [0.1, 0.15) is 23.2 Å². The number of para-hydroxylation sites is 1. The maximum absolute atomic E-state index is 12.7. The topological polar surface area (TPSA) is 77.5 Å². The molecule has 1 aliphatic rings. The molecule has 2 aromatic heterocycles. The van der Waals surface area contributed by atoms with Gasteiger partial charge in [-0.1, -0.05) is 24.3 Å². The third kappa shape index (κ3) is 4.21. The first-order valence-electron chi connectivity index (χ1n) is 9.20. The maximum Gasteiger partial charge on any atom is 0.339 e. The number of carbonyl (C=O) groups excluding carboxylic acids is 2. The van der Waals surface area contributed by atoms with Gasteiger partial charge in [0, 0.05) is 18.5 Å². The first-order valence-corrected chi connectivity index (χ1v) is 10.1. The lowest BCUT2D eigenvalue weighted by Crippen LogP contribution is -2.34. The van der Waals surface area contributed by atoms with Gasteiger partial charge in [0.05, 0.1) is 27.8 Å². The quantitative estimate of drug-likeness (QED) is 0.646. The number of hydrogen-bond donors (Lipinski definition) is 1. The van der Waals surface area contributed by atoms with Crippen molar-refractivity contribution in [1.82, 2.24) is 10.3 Å². The molecule has 0 bridgehead atoms. The van der Waals surface area contributed by atoms with Crippen LogP contribution in [0.15, 0.2) is 47.8 Å². The zero-order valence-electron chi connectivity index (χ0n) is 15.2. The summed E-state index contributed by atoms with van der Waals surface area (Å²) in [6, 6.07) is 13.0. The first kappa shape index (κ1) is 18.6. The Bertz CT molecular complexity index is 981. The Balaban J connectivity index is 1.47. The van der Waals surface area contributed by atoms with Crippen molar-refractivity contribution in [2.24, 2.45) is 0 Å². The number of pyridine rings is 1. The summed E-state index contributed by atoms with van der Waals surface area (Å²) in [5.41, 5.74) is 1.83. The third-order valence-corrected chi connectivity index (χ3v) is 5.49. The number of nitrogens with one attached hydrogen (secondary N) is 1. The fraction of sp³-hybridized carbons (Fsp3) is 0.286. The second kappa shape index (κ2) is 8.50. The predicted octanol–water partition coefficient (Wildman–Crippen LogP) is 3.42. The molecule has 0 radical (unpaired) electrons. The zero-order chi connectivity index (χ0) is 19.3. The second-order valence-electron chi connectivity index (χ2n) is 6.56. The number of hydrogen-bond acceptors (Lipinski definition) is 6. The SMILES string of the molecule is O=C(COC(=O)c1cc(-c2cccs2)nc2ccccc12)NCC1CCCO1. The van der Waals surface area contributed by atoms with Gasteiger partial charge in [-0.25, -0.2) is 9.78 Å². The lowest BCUT2D eigenvalue weighted by Gasteiger charge is -2.12. The molecule has 3 aromatic rings. The summed E-state index contributed by atoms with van der Waals surface area (Å²) < 4.78 is 10.7. The minimum atomic E-state index is -0.538. The highest BCUT2D eigenvalue weighted by Crippen LogP contribution is 2.28. The van der Waals surface area contributed by atoms with Crippen molar-refractivity contribution in [2.45, 2.75) is 18.9 Å². The normalized spacial score (nSPS) is 16.2. The molecule has 4 rings (SSSR count). The van der Waals surface area contributed by atoms with Gasteiger partial charge < -0.3 is 14.8 Å². The number of ether oxygens (including phenoxy) is 2. The molecule has 0 spiro atoms. The Morgan fingerprint density at radius 2 is 2.14 bits per heavy atom. The lowest BCUT2D eigenvalue weighted by molar-refractivity contribution is -0.124. The van der Waals surface area contributed by atoms with Crippen LogP contribution < -0.4 is 5.32 Å². The minimum absolute atomic E-state index is 0.0529. The van der Waals surface area contributed by atoms with E-state index in [2.05, 4.69) is 10.3 Å². The summed E-state index contributed by atoms with van der Waals surface area (Å²) in [5, 5.41) is 5.41. The van der Waals surface area contributed by atoms with Crippen LogP contribution in [0, 0.1) is 0 Å². The van der Waals surface area contributed by atoms with Crippen molar-refractivity contribution in [2.75, 3.05) is 19.8 Å². The van der Waals surface area contributed by atoms with Crippen molar-refractivity contribution in [3.63, 3.8) is 0 Å². The smallest absolute Gasteiger partial charge is 0.339 e. The van der Waals surface area contributed by atoms with E-state index >= 15 is 0 Å². The molecule has 1 fully saturated rings. The van der Waals surface area contributed by atoms with Gasteiger partial charge in [0.25, 0.3) is 5.91 Å². The summed E-state index contributed by atoms with van der Waals surface area (Å²) in [5.74, 6) is -0.871. The highest BCUT2D eigenvalue weighted by atomic mass is 32.1. The fourth-order valence-electron chi connectivity index (χ4n) is 3.19. The van der Waals surface area contributed by atoms with E-state index in [-0.39, 0.29) is 18.6 Å². The number of carbonyl (C=O) groups is 2. The van der Waals surface area contributed by atoms with E-state index in [0.717, 1.165) is 24.3 Å². The Labute approximate surface area is 166 Å². The van der Waals surface area contributed by atoms with Crippen LogP contribution in [0.5, 0.6) is 0 Å². The summed E-state index contributed by atoms with van der Waals surface area (Å²) in [7, 11) is 0. The summed E-state index contributed by atoms with van der Waals surface area (Å²) in [4.78, 5) is 30.3. The van der Waals surface area contributed by atoms with Crippen molar-refractivity contribution < 1.29 is 19.1 Å². The largest absolute Gasteiger partial charge is 0.452 e. The van der Waals surface area contributed by atoms with Crippen LogP contribution in [0.3, 0.4) is 0 Å². The van der Waals surface area contributed by atoms with Gasteiger partial charge in [-0.05, 0) is 36.4 Å². The van der Waals surface area contributed by atoms with Crippen LogP contribution in [0.2, 0.25) is 0 Å². The van der Waals surface area contributed by atoms with E-state index in [1.807, 2.05) is 41.8 Å². The molecule has 1 amide bonds. The van der Waals surface area contributed by atoms with Crippen LogP contribution in [0.25, 0.3) is 21.5 Å². The number of nitrogens with zero attached hydrogens (tertiary/aromatic N) is 1. The Hall–Kier alpha value is -2.77. The minimum Gasteiger partial charge on any atom is -0.452 e. The molecule has 0 aliphatic carbocycles. The van der Waals surface area contributed by atoms with Gasteiger partial charge in [0.15, 0.2) is 6.61 Å². The molecule has 0 saturated carbocycles. The Morgan fingerprint density at radius 1 is 1.25 bits per heavy atom. The molecule has 1 aromatic carbocycles. The van der Waals surface area contributed by atoms with Crippen molar-refractivity contribution in [3.05, 3.63) is 53.4 Å². The summed E-state index contributed by atoms with van der Waals surface area (Å²) >= 11 is 1.55. The fourth-order valence-corrected chi connectivity index (χ4v) is 3.87. The van der Waals surface area contributed by atoms with E-state index in [9.17, 15) is 9.59 Å². The molecular weight excluding hydrogens is 376 g/mol. The molecule has 7 heteroatoms. The molecule has 1 aliphatic heterocycles. The third-order valence-electron chi connectivity index (χ3n) is 4.59. The number of benzene rings is 1. The molecule has 6 nitrogen and oxygen atoms in total. The van der Waals surface area contributed by atoms with Gasteiger partial charge in [-0.3, -0.25) is 4.79 Å². The summed E-state index contributed by atoms with van der Waals surface area (Å²) in [6.07, 6.45) is 2.00. The molecule has 28 heavy (non-hydrogen) atoms. The molecule has 1 saturated heterocycles. The van der Waals surface area contributed by atoms with Gasteiger partial charge in [0.1, 0.15) is 0 Å². The van der Waals surface area contributed by atoms with E-state index in [1.165, 1.54) is 0 Å². The number of esters is 1. The molecule has 1 unspecified atom stereocenters. The Morgan fingerprint density at radius 3 is 2.93 bits per heavy atom. The van der Waals surface area contributed by atoms with E-state index in [1.54, 1.807) is 17.4 Å². The molecule has 1 atom stereocenters. The van der Waals surface area contributed by atoms with Gasteiger partial charge >= 0.3 is 5.97 Å². The monoisotopic (exact) mass is 396 g/mol. The number of amides is 1. The van der Waals surface area contributed by atoms with E-state index in [4.69, 9.17) is 9.47 Å². The van der Waals surface area contributed by atoms with Crippen LogP contribution in [-0.4, -0.2) is 42.7 Å². The van der Waals surface area contributed by atoms with Crippen molar-refractivity contribution in [1.29, 1.82) is 0 Å². The standard InChI is InChI=1S/C21H20N2O4S/c24-20(22-12-14-5-3-9-26-14)13-27-21(25)16-11-18(19-8-4-10-28-19)23-17-7-2-1-6-15(16)17/h1-2,4,6-8,10-11,14H,3,5,9,12-13H2,(H,22,24). The maximum atomic E-state index is 12.7. The van der Waals surface area contributed by atoms with Crippen LogP contribution >= 0.6 is 11.3 Å². The van der Waals surface area contributed by atoms with Crippen molar-refractivity contribution >= 4 is 34.1 Å². The van der Waals surface area contributed by atoms with Crippen LogP contribution in [0.4, 0.5) is 0 Å². The van der Waals surface area contributed by atoms with Gasteiger partial charge in [0.2, 0.25) is 0 Å². The highest BCUT2D eigenvalue weighted by Gasteiger charge is 2.19. The van der Waals surface area contributed by atoms with E-state index < -0.39 is 5.97 Å². The Kier molecular flexibility index (Phi) is 5.64. The predicted molar refractivity (Wildman–Crippen MR) is 107 cm³/mol. The summed E-state index contributed by atoms with van der Waals surface area (Å²) in [6.45, 7) is 0.852. The zero-order valence-corrected chi connectivity index (χ0v) is 16.0. The first-order chi connectivity index (χ1) is 13.7. The molecule has 144 valence electrons. The number of aromatic nitrogens is 1. The van der Waals surface area contributed by atoms with Crippen LogP contribution in [-0.2, 0) is 14.3 Å². The van der Waals surface area contributed by atoms with Gasteiger partial charge in [-0.15, -0.1) is 11.3 Å². The average Bonchev–Trinajstić information content (AvgIpc) is 3.43. The number of rotatable bonds is 6. The van der Waals surface area contributed by atoms with Crippen molar-refractivity contribution in [3.8, 4) is 10.6 Å². The number of fused-ring (bicyclic) bond motifs is 1. The second-order valence-corrected chi connectivity index (χ2v) is 7.51. The van der Waals surface area contributed by atoms with Gasteiger partial charge in [-0.2, -0.15) is 0 Å². The lowest BCUT2D eigenvalue weighted by atomic mass is 10.1. The molecular formula is C21H20N2O4S. The molecule has 3 heterocycles. The highest BCUT2D eigenvalue weighted by molar-refractivity contribution is 7.13. The molecule has 1 N–H and O–H groups in total. The average molecular weight is 396 g/mol.